The molecule has 1 unspecified atom stereocenters. The molecule has 1 aromatic heterocycles. The van der Waals surface area contributed by atoms with E-state index in [-0.39, 0.29) is 5.97 Å². The smallest absolute Gasteiger partial charge is 0.407 e. The van der Waals surface area contributed by atoms with Crippen LogP contribution in [0.1, 0.15) is 46.5 Å². The van der Waals surface area contributed by atoms with E-state index in [0.717, 1.165) is 22.2 Å². The van der Waals surface area contributed by atoms with E-state index < -0.39 is 6.09 Å². The van der Waals surface area contributed by atoms with Gasteiger partial charge in [-0.15, -0.1) is 11.3 Å². The number of carbonyl (C=O) groups is 2. The van der Waals surface area contributed by atoms with E-state index in [9.17, 15) is 9.59 Å². The topological polar surface area (TPSA) is 66.8 Å². The Kier molecular flexibility index (Phi) is 5.50. The van der Waals surface area contributed by atoms with Crippen LogP contribution in [0.5, 0.6) is 0 Å². The van der Waals surface area contributed by atoms with Crippen LogP contribution in [0.25, 0.3) is 0 Å². The van der Waals surface area contributed by atoms with Gasteiger partial charge in [0.15, 0.2) is 0 Å². The van der Waals surface area contributed by atoms with Gasteiger partial charge >= 0.3 is 12.1 Å². The van der Waals surface area contributed by atoms with Crippen molar-refractivity contribution < 1.29 is 19.4 Å². The van der Waals surface area contributed by atoms with E-state index in [1.807, 2.05) is 6.92 Å². The number of piperidine rings is 1. The van der Waals surface area contributed by atoms with Crippen molar-refractivity contribution in [3.05, 3.63) is 19.8 Å². The summed E-state index contributed by atoms with van der Waals surface area (Å²) in [6.07, 6.45) is 0.875. The largest absolute Gasteiger partial charge is 0.465 e. The lowest BCUT2D eigenvalue weighted by atomic mass is 9.83. The van der Waals surface area contributed by atoms with Crippen LogP contribution in [0.2, 0.25) is 0 Å². The van der Waals surface area contributed by atoms with Gasteiger partial charge in [-0.3, -0.25) is 0 Å². The first-order valence-corrected chi connectivity index (χ1v) is 8.82. The number of methoxy groups -OCH3 is 1. The maximum Gasteiger partial charge on any atom is 0.407 e. The Morgan fingerprint density at radius 2 is 2.00 bits per heavy atom. The van der Waals surface area contributed by atoms with Crippen molar-refractivity contribution >= 4 is 39.3 Å². The molecule has 5 nitrogen and oxygen atoms in total. The van der Waals surface area contributed by atoms with Gasteiger partial charge < -0.3 is 14.7 Å². The van der Waals surface area contributed by atoms with E-state index in [0.29, 0.717) is 30.5 Å². The third-order valence-electron chi connectivity index (χ3n) is 4.46. The highest BCUT2D eigenvalue weighted by Gasteiger charge is 2.30. The minimum Gasteiger partial charge on any atom is -0.465 e. The normalized spacial score (nSPS) is 17.4. The highest BCUT2D eigenvalue weighted by molar-refractivity contribution is 9.11. The molecule has 7 heteroatoms. The van der Waals surface area contributed by atoms with Gasteiger partial charge in [-0.05, 0) is 53.1 Å². The molecule has 1 aromatic rings. The van der Waals surface area contributed by atoms with Gasteiger partial charge in [0.25, 0.3) is 0 Å². The summed E-state index contributed by atoms with van der Waals surface area (Å²) >= 11 is 5.04. The van der Waals surface area contributed by atoms with Crippen LogP contribution >= 0.6 is 27.3 Å². The van der Waals surface area contributed by atoms with Gasteiger partial charge in [0.1, 0.15) is 0 Å². The number of ether oxygens (including phenoxy) is 1. The molecule has 1 N–H and O–H groups in total. The van der Waals surface area contributed by atoms with Crippen LogP contribution < -0.4 is 0 Å². The fourth-order valence-corrected chi connectivity index (χ4v) is 5.22. The summed E-state index contributed by atoms with van der Waals surface area (Å²) in [5, 5.41) is 9.02. The molecule has 1 amide bonds. The molecule has 1 atom stereocenters. The first-order valence-electron chi connectivity index (χ1n) is 7.21. The molecule has 1 fully saturated rings. The van der Waals surface area contributed by atoms with Crippen LogP contribution in [0.3, 0.4) is 0 Å². The van der Waals surface area contributed by atoms with E-state index in [1.165, 1.54) is 16.9 Å². The predicted octanol–water partition coefficient (Wildman–Crippen LogP) is 4.10. The van der Waals surface area contributed by atoms with Crippen molar-refractivity contribution in [1.82, 2.24) is 4.90 Å². The van der Waals surface area contributed by atoms with Crippen LogP contribution in [0, 0.1) is 12.8 Å². The first-order chi connectivity index (χ1) is 10.4. The molecule has 0 bridgehead atoms. The Morgan fingerprint density at radius 1 is 1.41 bits per heavy atom. The number of nitrogens with zero attached hydrogens (tertiary/aromatic N) is 1. The zero-order valence-corrected chi connectivity index (χ0v) is 15.3. The summed E-state index contributed by atoms with van der Waals surface area (Å²) in [5.41, 5.74) is 1.58. The number of hydrogen-bond donors (Lipinski definition) is 1. The second-order valence-electron chi connectivity index (χ2n) is 5.63. The quantitative estimate of drug-likeness (QED) is 0.790. The third kappa shape index (κ3) is 3.30. The fourth-order valence-electron chi connectivity index (χ4n) is 3.07. The van der Waals surface area contributed by atoms with E-state index in [4.69, 9.17) is 9.84 Å². The maximum absolute atomic E-state index is 11.9. The number of amides is 1. The van der Waals surface area contributed by atoms with Crippen molar-refractivity contribution in [2.24, 2.45) is 5.92 Å². The molecule has 2 heterocycles. The van der Waals surface area contributed by atoms with Crippen LogP contribution in [0.4, 0.5) is 4.79 Å². The summed E-state index contributed by atoms with van der Waals surface area (Å²) in [4.78, 5) is 25.5. The molecule has 0 aromatic carbocycles. The van der Waals surface area contributed by atoms with Crippen molar-refractivity contribution in [3.63, 3.8) is 0 Å². The van der Waals surface area contributed by atoms with Crippen molar-refractivity contribution in [2.45, 2.75) is 32.6 Å². The van der Waals surface area contributed by atoms with Gasteiger partial charge in [0.2, 0.25) is 0 Å². The van der Waals surface area contributed by atoms with Crippen molar-refractivity contribution in [3.8, 4) is 0 Å². The molecule has 22 heavy (non-hydrogen) atoms. The number of likely N-dealkylation sites (tertiary alicyclic amines) is 1. The number of thiophene rings is 1. The van der Waals surface area contributed by atoms with E-state index in [1.54, 1.807) is 11.3 Å². The monoisotopic (exact) mass is 389 g/mol. The Bertz CT molecular complexity index is 578. The highest BCUT2D eigenvalue weighted by Crippen LogP contribution is 2.42. The minimum absolute atomic E-state index is 0.302. The minimum atomic E-state index is -0.839. The zero-order chi connectivity index (χ0) is 16.4. The molecule has 0 spiro atoms. The van der Waals surface area contributed by atoms with Crippen molar-refractivity contribution in [2.75, 3.05) is 20.2 Å². The predicted molar refractivity (Wildman–Crippen MR) is 88.8 cm³/mol. The van der Waals surface area contributed by atoms with E-state index >= 15 is 0 Å². The van der Waals surface area contributed by atoms with Crippen LogP contribution in [-0.2, 0) is 4.74 Å². The number of esters is 1. The third-order valence-corrected chi connectivity index (χ3v) is 6.62. The Morgan fingerprint density at radius 3 is 2.50 bits per heavy atom. The average Bonchev–Trinajstić information content (AvgIpc) is 2.80. The second kappa shape index (κ2) is 7.00. The number of carbonyl (C=O) groups excluding carboxylic acids is 1. The summed E-state index contributed by atoms with van der Waals surface area (Å²) in [5.74, 6) is 0.417. The van der Waals surface area contributed by atoms with Gasteiger partial charge in [0.05, 0.1) is 16.5 Å². The molecule has 2 rings (SSSR count). The highest BCUT2D eigenvalue weighted by atomic mass is 79.9. The number of rotatable bonds is 3. The average molecular weight is 390 g/mol. The summed E-state index contributed by atoms with van der Waals surface area (Å²) in [7, 11) is 1.39. The molecule has 0 aliphatic carbocycles. The zero-order valence-electron chi connectivity index (χ0n) is 12.9. The number of hydrogen-bond acceptors (Lipinski definition) is 4. The number of halogens is 1. The summed E-state index contributed by atoms with van der Waals surface area (Å²) < 4.78 is 5.65. The molecule has 1 aliphatic heterocycles. The van der Waals surface area contributed by atoms with Crippen molar-refractivity contribution in [1.29, 1.82) is 0 Å². The lowest BCUT2D eigenvalue weighted by molar-refractivity contribution is 0.0599. The van der Waals surface area contributed by atoms with Gasteiger partial charge in [-0.25, -0.2) is 9.59 Å². The Labute approximate surface area is 142 Å². The lowest BCUT2D eigenvalue weighted by Gasteiger charge is -2.33. The molecule has 1 aliphatic rings. The Balaban J connectivity index is 2.16. The molecular weight excluding hydrogens is 370 g/mol. The molecule has 122 valence electrons. The Hall–Kier alpha value is -1.08. The van der Waals surface area contributed by atoms with E-state index in [2.05, 4.69) is 22.9 Å². The fraction of sp³-hybridized carbons (Fsp3) is 0.600. The van der Waals surface area contributed by atoms with Crippen LogP contribution in [-0.4, -0.2) is 42.3 Å². The molecule has 1 saturated heterocycles. The van der Waals surface area contributed by atoms with Gasteiger partial charge in [-0.2, -0.15) is 0 Å². The van der Waals surface area contributed by atoms with Crippen LogP contribution in [0.15, 0.2) is 3.79 Å². The standard InChI is InChI=1S/C15H20BrNO4S/c1-8(10-4-6-17(7-5-10)15(19)20)12-9(2)11(13(16)22-12)14(18)21-3/h8,10H,4-7H2,1-3H3,(H,19,20). The molecular formula is C15H20BrNO4S. The second-order valence-corrected chi connectivity index (χ2v) is 8.00. The first kappa shape index (κ1) is 17.3. The SMILES string of the molecule is COC(=O)c1c(Br)sc(C(C)C2CCN(C(=O)O)CC2)c1C. The van der Waals surface area contributed by atoms with Gasteiger partial charge in [0, 0.05) is 18.0 Å². The summed E-state index contributed by atoms with van der Waals surface area (Å²) in [6, 6.07) is 0. The lowest BCUT2D eigenvalue weighted by Crippen LogP contribution is -2.38. The molecule has 0 radical (unpaired) electrons. The number of carboxylic acid groups (broad SMARTS) is 1. The molecule has 0 saturated carbocycles. The van der Waals surface area contributed by atoms with Gasteiger partial charge in [-0.1, -0.05) is 6.92 Å². The summed E-state index contributed by atoms with van der Waals surface area (Å²) in [6.45, 7) is 5.28. The maximum atomic E-state index is 11.9.